The van der Waals surface area contributed by atoms with Crippen molar-refractivity contribution < 1.29 is 4.79 Å². The fourth-order valence-corrected chi connectivity index (χ4v) is 2.76. The highest BCUT2D eigenvalue weighted by Crippen LogP contribution is 2.23. The van der Waals surface area contributed by atoms with Crippen molar-refractivity contribution in [3.8, 4) is 0 Å². The molecule has 1 aliphatic heterocycles. The Kier molecular flexibility index (Phi) is 4.56. The van der Waals surface area contributed by atoms with Crippen molar-refractivity contribution in [2.24, 2.45) is 23.3 Å². The molecule has 0 aliphatic carbocycles. The summed E-state index contributed by atoms with van der Waals surface area (Å²) in [5.41, 5.74) is 12.9. The third-order valence-corrected chi connectivity index (χ3v) is 4.12. The zero-order valence-corrected chi connectivity index (χ0v) is 11.5. The van der Waals surface area contributed by atoms with E-state index in [9.17, 15) is 4.79 Å². The number of primary amides is 1. The fraction of sp³-hybridized carbons (Fsp3) is 0.533. The molecular weight excluding hydrogens is 238 g/mol. The van der Waals surface area contributed by atoms with Gasteiger partial charge in [0.15, 0.2) is 0 Å². The number of amides is 1. The molecule has 1 saturated heterocycles. The van der Waals surface area contributed by atoms with Crippen LogP contribution in [0.4, 0.5) is 0 Å². The SMILES string of the molecule is CC1CCN(Cc2cccc(C(N)=O)c2)CC1CN. The molecule has 19 heavy (non-hydrogen) atoms. The van der Waals surface area contributed by atoms with Gasteiger partial charge in [-0.15, -0.1) is 0 Å². The van der Waals surface area contributed by atoms with E-state index in [0.29, 0.717) is 17.4 Å². The molecule has 0 bridgehead atoms. The smallest absolute Gasteiger partial charge is 0.248 e. The van der Waals surface area contributed by atoms with Crippen LogP contribution >= 0.6 is 0 Å². The monoisotopic (exact) mass is 261 g/mol. The predicted molar refractivity (Wildman–Crippen MR) is 76.6 cm³/mol. The van der Waals surface area contributed by atoms with Crippen LogP contribution in [0.1, 0.15) is 29.3 Å². The Morgan fingerprint density at radius 3 is 2.95 bits per heavy atom. The highest BCUT2D eigenvalue weighted by molar-refractivity contribution is 5.92. The van der Waals surface area contributed by atoms with Crippen molar-refractivity contribution in [1.29, 1.82) is 0 Å². The first-order chi connectivity index (χ1) is 9.10. The maximum Gasteiger partial charge on any atom is 0.248 e. The van der Waals surface area contributed by atoms with Crippen molar-refractivity contribution in [2.45, 2.75) is 19.9 Å². The summed E-state index contributed by atoms with van der Waals surface area (Å²) in [6.07, 6.45) is 1.19. The van der Waals surface area contributed by atoms with Gasteiger partial charge >= 0.3 is 0 Å². The molecule has 0 spiro atoms. The minimum absolute atomic E-state index is 0.367. The highest BCUT2D eigenvalue weighted by atomic mass is 16.1. The summed E-state index contributed by atoms with van der Waals surface area (Å²) in [5.74, 6) is 0.917. The van der Waals surface area contributed by atoms with E-state index in [1.807, 2.05) is 18.2 Å². The van der Waals surface area contributed by atoms with E-state index in [1.165, 1.54) is 6.42 Å². The fourth-order valence-electron chi connectivity index (χ4n) is 2.76. The molecule has 1 fully saturated rings. The van der Waals surface area contributed by atoms with Crippen LogP contribution in [0.2, 0.25) is 0 Å². The molecule has 4 heteroatoms. The minimum atomic E-state index is -0.367. The second kappa shape index (κ2) is 6.17. The van der Waals surface area contributed by atoms with E-state index in [1.54, 1.807) is 6.07 Å². The van der Waals surface area contributed by atoms with Crippen molar-refractivity contribution in [2.75, 3.05) is 19.6 Å². The topological polar surface area (TPSA) is 72.3 Å². The maximum absolute atomic E-state index is 11.2. The van der Waals surface area contributed by atoms with E-state index in [2.05, 4.69) is 11.8 Å². The molecule has 1 aromatic rings. The second-order valence-electron chi connectivity index (χ2n) is 5.56. The summed E-state index contributed by atoms with van der Waals surface area (Å²) in [5, 5.41) is 0. The Morgan fingerprint density at radius 1 is 1.47 bits per heavy atom. The quantitative estimate of drug-likeness (QED) is 0.855. The number of likely N-dealkylation sites (tertiary alicyclic amines) is 1. The average Bonchev–Trinajstić information content (AvgIpc) is 2.41. The van der Waals surface area contributed by atoms with Crippen LogP contribution in [-0.2, 0) is 6.54 Å². The van der Waals surface area contributed by atoms with Crippen molar-refractivity contribution in [1.82, 2.24) is 4.90 Å². The van der Waals surface area contributed by atoms with Crippen LogP contribution in [0.3, 0.4) is 0 Å². The Hall–Kier alpha value is -1.39. The predicted octanol–water partition coefficient (Wildman–Crippen LogP) is 1.20. The molecule has 2 unspecified atom stereocenters. The molecule has 1 heterocycles. The zero-order valence-electron chi connectivity index (χ0n) is 11.5. The van der Waals surface area contributed by atoms with Crippen LogP contribution in [0, 0.1) is 11.8 Å². The van der Waals surface area contributed by atoms with E-state index in [4.69, 9.17) is 11.5 Å². The molecule has 2 atom stereocenters. The van der Waals surface area contributed by atoms with Gasteiger partial charge < -0.3 is 11.5 Å². The molecule has 1 amide bonds. The van der Waals surface area contributed by atoms with Crippen LogP contribution in [-0.4, -0.2) is 30.4 Å². The van der Waals surface area contributed by atoms with E-state index in [-0.39, 0.29) is 5.91 Å². The number of piperidine rings is 1. The molecule has 0 saturated carbocycles. The second-order valence-corrected chi connectivity index (χ2v) is 5.56. The normalized spacial score (nSPS) is 24.3. The first kappa shape index (κ1) is 14.0. The van der Waals surface area contributed by atoms with E-state index < -0.39 is 0 Å². The zero-order chi connectivity index (χ0) is 13.8. The van der Waals surface area contributed by atoms with Gasteiger partial charge in [-0.3, -0.25) is 9.69 Å². The average molecular weight is 261 g/mol. The van der Waals surface area contributed by atoms with Crippen molar-refractivity contribution in [3.05, 3.63) is 35.4 Å². The molecular formula is C15H23N3O. The standard InChI is InChI=1S/C15H23N3O/c1-11-5-6-18(10-14(11)8-16)9-12-3-2-4-13(7-12)15(17)19/h2-4,7,11,14H,5-6,8-10,16H2,1H3,(H2,17,19). The Morgan fingerprint density at radius 2 is 2.26 bits per heavy atom. The number of carbonyl (C=O) groups excluding carboxylic acids is 1. The third-order valence-electron chi connectivity index (χ3n) is 4.12. The van der Waals surface area contributed by atoms with Crippen molar-refractivity contribution >= 4 is 5.91 Å². The largest absolute Gasteiger partial charge is 0.366 e. The van der Waals surface area contributed by atoms with Crippen molar-refractivity contribution in [3.63, 3.8) is 0 Å². The van der Waals surface area contributed by atoms with Gasteiger partial charge in [-0.05, 0) is 49.0 Å². The first-order valence-electron chi connectivity index (χ1n) is 6.91. The van der Waals surface area contributed by atoms with Gasteiger partial charge in [-0.2, -0.15) is 0 Å². The maximum atomic E-state index is 11.2. The lowest BCUT2D eigenvalue weighted by molar-refractivity contribution is 0.0999. The summed E-state index contributed by atoms with van der Waals surface area (Å²) in [7, 11) is 0. The number of hydrogen-bond acceptors (Lipinski definition) is 3. The lowest BCUT2D eigenvalue weighted by Crippen LogP contribution is -2.42. The van der Waals surface area contributed by atoms with Gasteiger partial charge in [0.2, 0.25) is 5.91 Å². The van der Waals surface area contributed by atoms with Gasteiger partial charge in [-0.25, -0.2) is 0 Å². The van der Waals surface area contributed by atoms with Crippen LogP contribution < -0.4 is 11.5 Å². The summed E-state index contributed by atoms with van der Waals surface area (Å²) < 4.78 is 0. The van der Waals surface area contributed by atoms with Crippen LogP contribution in [0.5, 0.6) is 0 Å². The van der Waals surface area contributed by atoms with Crippen LogP contribution in [0.15, 0.2) is 24.3 Å². The van der Waals surface area contributed by atoms with Gasteiger partial charge in [-0.1, -0.05) is 19.1 Å². The van der Waals surface area contributed by atoms with Crippen LogP contribution in [0.25, 0.3) is 0 Å². The minimum Gasteiger partial charge on any atom is -0.366 e. The molecule has 1 aromatic carbocycles. The Labute approximate surface area is 114 Å². The number of rotatable bonds is 4. The third kappa shape index (κ3) is 3.55. The Balaban J connectivity index is 2.01. The lowest BCUT2D eigenvalue weighted by atomic mass is 9.87. The number of hydrogen-bond donors (Lipinski definition) is 2. The summed E-state index contributed by atoms with van der Waals surface area (Å²) in [6, 6.07) is 7.58. The molecule has 1 aliphatic rings. The van der Waals surface area contributed by atoms with Gasteiger partial charge in [0, 0.05) is 18.7 Å². The summed E-state index contributed by atoms with van der Waals surface area (Å²) in [6.45, 7) is 6.03. The lowest BCUT2D eigenvalue weighted by Gasteiger charge is -2.36. The molecule has 4 N–H and O–H groups in total. The Bertz CT molecular complexity index is 447. The summed E-state index contributed by atoms with van der Waals surface area (Å²) in [4.78, 5) is 13.6. The number of carbonyl (C=O) groups is 1. The molecule has 0 radical (unpaired) electrons. The molecule has 104 valence electrons. The van der Waals surface area contributed by atoms with Gasteiger partial charge in [0.05, 0.1) is 0 Å². The van der Waals surface area contributed by atoms with E-state index >= 15 is 0 Å². The van der Waals surface area contributed by atoms with Gasteiger partial charge in [0.25, 0.3) is 0 Å². The molecule has 2 rings (SSSR count). The highest BCUT2D eigenvalue weighted by Gasteiger charge is 2.24. The molecule has 0 aromatic heterocycles. The number of benzene rings is 1. The number of nitrogens with two attached hydrogens (primary N) is 2. The van der Waals surface area contributed by atoms with Gasteiger partial charge in [0.1, 0.15) is 0 Å². The summed E-state index contributed by atoms with van der Waals surface area (Å²) >= 11 is 0. The van der Waals surface area contributed by atoms with E-state index in [0.717, 1.165) is 31.7 Å². The number of nitrogens with zero attached hydrogens (tertiary/aromatic N) is 1. The molecule has 4 nitrogen and oxygen atoms in total. The first-order valence-corrected chi connectivity index (χ1v) is 6.91.